The summed E-state index contributed by atoms with van der Waals surface area (Å²) in [7, 11) is 0. The van der Waals surface area contributed by atoms with Gasteiger partial charge in [-0.05, 0) is 68.7 Å². The first-order valence-electron chi connectivity index (χ1n) is 10.1. The fourth-order valence-corrected chi connectivity index (χ4v) is 3.10. The number of ketones is 1. The molecule has 3 rings (SSSR count). The van der Waals surface area contributed by atoms with Crippen LogP contribution in [0.1, 0.15) is 33.1 Å². The van der Waals surface area contributed by atoms with Crippen LogP contribution in [0.15, 0.2) is 111 Å². The summed E-state index contributed by atoms with van der Waals surface area (Å²) in [4.78, 5) is 11.4. The Morgan fingerprint density at radius 1 is 0.900 bits per heavy atom. The highest BCUT2D eigenvalue weighted by Crippen LogP contribution is 2.26. The number of nitrogens with zero attached hydrogens (tertiary/aromatic N) is 4. The molecule has 0 heterocycles. The van der Waals surface area contributed by atoms with Crippen molar-refractivity contribution < 1.29 is 4.79 Å². The van der Waals surface area contributed by atoms with Crippen LogP contribution in [0, 0.1) is 0 Å². The minimum absolute atomic E-state index is 0.0828. The van der Waals surface area contributed by atoms with Crippen molar-refractivity contribution in [2.24, 2.45) is 20.5 Å². The van der Waals surface area contributed by atoms with Crippen LogP contribution in [-0.4, -0.2) is 11.8 Å². The van der Waals surface area contributed by atoms with E-state index < -0.39 is 0 Å². The van der Waals surface area contributed by atoms with E-state index in [1.165, 1.54) is 5.57 Å². The Morgan fingerprint density at radius 3 is 2.20 bits per heavy atom. The molecule has 0 saturated carbocycles. The molecule has 0 saturated heterocycles. The van der Waals surface area contributed by atoms with Crippen molar-refractivity contribution in [3.05, 3.63) is 90.0 Å². The van der Waals surface area contributed by atoms with Crippen molar-refractivity contribution >= 4 is 22.8 Å². The molecule has 0 amide bonds. The summed E-state index contributed by atoms with van der Waals surface area (Å²) in [6, 6.07) is 17.0. The minimum Gasteiger partial charge on any atom is -0.300 e. The van der Waals surface area contributed by atoms with Gasteiger partial charge in [0.15, 0.2) is 0 Å². The van der Waals surface area contributed by atoms with Gasteiger partial charge < -0.3 is 4.79 Å². The van der Waals surface area contributed by atoms with Crippen LogP contribution >= 0.6 is 0 Å². The van der Waals surface area contributed by atoms with E-state index in [1.807, 2.05) is 73.7 Å². The second-order valence-electron chi connectivity index (χ2n) is 7.20. The summed E-state index contributed by atoms with van der Waals surface area (Å²) in [6.07, 6.45) is 10.4. The third-order valence-corrected chi connectivity index (χ3v) is 4.76. The highest BCUT2D eigenvalue weighted by Gasteiger charge is 2.13. The lowest BCUT2D eigenvalue weighted by atomic mass is 9.95. The minimum atomic E-state index is -0.0828. The van der Waals surface area contributed by atoms with Gasteiger partial charge in [0.1, 0.15) is 5.78 Å². The van der Waals surface area contributed by atoms with E-state index in [0.717, 1.165) is 35.5 Å². The van der Waals surface area contributed by atoms with Gasteiger partial charge in [-0.3, -0.25) is 0 Å². The van der Waals surface area contributed by atoms with E-state index in [2.05, 4.69) is 32.6 Å². The average Bonchev–Trinajstić information content (AvgIpc) is 3.01. The number of carbonyl (C=O) groups excluding carboxylic acids is 1. The Balaban J connectivity index is 1.68. The number of azo groups is 2. The topological polar surface area (TPSA) is 66.5 Å². The maximum absolute atomic E-state index is 11.4. The second kappa shape index (κ2) is 10.9. The van der Waals surface area contributed by atoms with Gasteiger partial charge in [0.05, 0.1) is 23.1 Å². The number of hydrogen-bond donors (Lipinski definition) is 0. The van der Waals surface area contributed by atoms with E-state index in [4.69, 9.17) is 0 Å². The van der Waals surface area contributed by atoms with Gasteiger partial charge in [0.2, 0.25) is 0 Å². The molecule has 152 valence electrons. The standard InChI is InChI=1S/C25H26N4O/c1-19(30)13-14-21-9-5-3-8-12-25(21)20(2)26-27-23-15-17-24(18-16-23)29-28-22-10-6-4-7-11-22/h3-8,10-12,15-18,20H,9,13-14H2,1-2H3. The first-order chi connectivity index (χ1) is 14.6. The number of Topliss-reactive ketones (excluding diaryl/α,β-unsaturated/α-hetero) is 1. The zero-order valence-corrected chi connectivity index (χ0v) is 17.4. The number of allylic oxidation sites excluding steroid dienone is 4. The van der Waals surface area contributed by atoms with Gasteiger partial charge >= 0.3 is 0 Å². The normalized spacial score (nSPS) is 15.1. The molecule has 1 atom stereocenters. The quantitative estimate of drug-likeness (QED) is 0.419. The lowest BCUT2D eigenvalue weighted by Crippen LogP contribution is -2.05. The molecule has 0 aliphatic heterocycles. The molecule has 2 aromatic carbocycles. The largest absolute Gasteiger partial charge is 0.300 e. The predicted octanol–water partition coefficient (Wildman–Crippen LogP) is 7.76. The van der Waals surface area contributed by atoms with E-state index in [1.54, 1.807) is 6.92 Å². The summed E-state index contributed by atoms with van der Waals surface area (Å²) in [5, 5.41) is 17.4. The fraction of sp³-hybridized carbons (Fsp3) is 0.240. The zero-order chi connectivity index (χ0) is 21.2. The Bertz CT molecular complexity index is 999. The number of hydrogen-bond acceptors (Lipinski definition) is 5. The Kier molecular flexibility index (Phi) is 7.72. The summed E-state index contributed by atoms with van der Waals surface area (Å²) < 4.78 is 0. The number of benzene rings is 2. The van der Waals surface area contributed by atoms with Crippen molar-refractivity contribution in [3.63, 3.8) is 0 Å². The van der Waals surface area contributed by atoms with Crippen molar-refractivity contribution in [2.45, 2.75) is 39.2 Å². The summed E-state index contributed by atoms with van der Waals surface area (Å²) in [5.41, 5.74) is 4.73. The second-order valence-corrected chi connectivity index (χ2v) is 7.20. The van der Waals surface area contributed by atoms with Crippen molar-refractivity contribution in [3.8, 4) is 0 Å². The number of carbonyl (C=O) groups is 1. The third-order valence-electron chi connectivity index (χ3n) is 4.76. The Hall–Kier alpha value is -3.47. The zero-order valence-electron chi connectivity index (χ0n) is 17.4. The lowest BCUT2D eigenvalue weighted by Gasteiger charge is -2.13. The van der Waals surface area contributed by atoms with Gasteiger partial charge in [-0.2, -0.15) is 20.5 Å². The average molecular weight is 399 g/mol. The molecule has 0 aromatic heterocycles. The van der Waals surface area contributed by atoms with Crippen LogP contribution in [0.2, 0.25) is 0 Å². The van der Waals surface area contributed by atoms with Crippen LogP contribution < -0.4 is 0 Å². The SMILES string of the molecule is CC(=O)CCC1=C(C(C)N=Nc2ccc(N=Nc3ccccc3)cc2)C=CC=CC1. The molecule has 0 bridgehead atoms. The van der Waals surface area contributed by atoms with Crippen molar-refractivity contribution in [1.82, 2.24) is 0 Å². The molecular weight excluding hydrogens is 372 g/mol. The summed E-state index contributed by atoms with van der Waals surface area (Å²) in [5.74, 6) is 0.206. The molecule has 1 unspecified atom stereocenters. The van der Waals surface area contributed by atoms with E-state index in [0.29, 0.717) is 6.42 Å². The van der Waals surface area contributed by atoms with Gasteiger partial charge in [-0.1, -0.05) is 48.1 Å². The van der Waals surface area contributed by atoms with E-state index >= 15 is 0 Å². The van der Waals surface area contributed by atoms with Crippen LogP contribution in [-0.2, 0) is 4.79 Å². The smallest absolute Gasteiger partial charge is 0.130 e. The molecule has 0 fully saturated rings. The fourth-order valence-electron chi connectivity index (χ4n) is 3.10. The summed E-state index contributed by atoms with van der Waals surface area (Å²) in [6.45, 7) is 3.67. The van der Waals surface area contributed by atoms with Gasteiger partial charge in [0, 0.05) is 6.42 Å². The maximum Gasteiger partial charge on any atom is 0.130 e. The molecule has 5 nitrogen and oxygen atoms in total. The van der Waals surface area contributed by atoms with Crippen molar-refractivity contribution in [2.75, 3.05) is 0 Å². The van der Waals surface area contributed by atoms with Gasteiger partial charge in [0.25, 0.3) is 0 Å². The molecule has 5 heteroatoms. The highest BCUT2D eigenvalue weighted by atomic mass is 16.1. The molecule has 0 N–H and O–H groups in total. The monoisotopic (exact) mass is 398 g/mol. The first kappa shape index (κ1) is 21.2. The Morgan fingerprint density at radius 2 is 1.53 bits per heavy atom. The Labute approximate surface area is 177 Å². The molecule has 2 aromatic rings. The highest BCUT2D eigenvalue weighted by molar-refractivity contribution is 5.75. The summed E-state index contributed by atoms with van der Waals surface area (Å²) >= 11 is 0. The van der Waals surface area contributed by atoms with E-state index in [9.17, 15) is 4.79 Å². The van der Waals surface area contributed by atoms with Crippen LogP contribution in [0.5, 0.6) is 0 Å². The molecule has 0 spiro atoms. The van der Waals surface area contributed by atoms with E-state index in [-0.39, 0.29) is 11.8 Å². The molecule has 1 aliphatic carbocycles. The molecular formula is C25H26N4O. The molecule has 0 radical (unpaired) electrons. The van der Waals surface area contributed by atoms with Crippen molar-refractivity contribution in [1.29, 1.82) is 0 Å². The van der Waals surface area contributed by atoms with Gasteiger partial charge in [-0.25, -0.2) is 0 Å². The van der Waals surface area contributed by atoms with Crippen LogP contribution in [0.3, 0.4) is 0 Å². The lowest BCUT2D eigenvalue weighted by molar-refractivity contribution is -0.116. The van der Waals surface area contributed by atoms with Gasteiger partial charge in [-0.15, -0.1) is 0 Å². The first-order valence-corrected chi connectivity index (χ1v) is 10.1. The predicted molar refractivity (Wildman–Crippen MR) is 121 cm³/mol. The maximum atomic E-state index is 11.4. The molecule has 30 heavy (non-hydrogen) atoms. The number of rotatable bonds is 8. The van der Waals surface area contributed by atoms with Crippen LogP contribution in [0.4, 0.5) is 17.1 Å². The third kappa shape index (κ3) is 6.55. The van der Waals surface area contributed by atoms with Crippen LogP contribution in [0.25, 0.3) is 0 Å². The molecule has 1 aliphatic rings.